The third-order valence-electron chi connectivity index (χ3n) is 4.43. The summed E-state index contributed by atoms with van der Waals surface area (Å²) in [6, 6.07) is 6.11. The first-order valence-corrected chi connectivity index (χ1v) is 7.94. The summed E-state index contributed by atoms with van der Waals surface area (Å²) in [6.07, 6.45) is 1.28. The molecule has 3 rings (SSSR count). The zero-order valence-corrected chi connectivity index (χ0v) is 13.2. The van der Waals surface area contributed by atoms with Gasteiger partial charge in [0.1, 0.15) is 6.04 Å². The van der Waals surface area contributed by atoms with Crippen molar-refractivity contribution in [3.63, 3.8) is 0 Å². The number of aliphatic carboxylic acids is 1. The molecule has 2 aliphatic rings. The summed E-state index contributed by atoms with van der Waals surface area (Å²) in [7, 11) is 0. The number of likely N-dealkylation sites (tertiary alicyclic amines) is 1. The maximum Gasteiger partial charge on any atom is 0.326 e. The van der Waals surface area contributed by atoms with E-state index in [1.807, 2.05) is 0 Å². The van der Waals surface area contributed by atoms with E-state index in [0.717, 1.165) is 0 Å². The van der Waals surface area contributed by atoms with Gasteiger partial charge in [0.05, 0.1) is 5.92 Å². The summed E-state index contributed by atoms with van der Waals surface area (Å²) in [6.45, 7) is 0.726. The molecule has 2 unspecified atom stereocenters. The number of carboxylic acid groups (broad SMARTS) is 1. The van der Waals surface area contributed by atoms with Crippen molar-refractivity contribution in [2.24, 2.45) is 5.92 Å². The Morgan fingerprint density at radius 3 is 2.57 bits per heavy atom. The molecule has 0 aliphatic carbocycles. The second-order valence-electron chi connectivity index (χ2n) is 5.91. The number of hydrogen-bond donors (Lipinski definition) is 1. The smallest absolute Gasteiger partial charge is 0.326 e. The van der Waals surface area contributed by atoms with Crippen LogP contribution in [0.15, 0.2) is 24.3 Å². The van der Waals surface area contributed by atoms with Crippen LogP contribution in [0, 0.1) is 5.92 Å². The third kappa shape index (κ3) is 3.03. The van der Waals surface area contributed by atoms with Crippen molar-refractivity contribution < 1.29 is 19.5 Å². The molecular weight excluding hydrogens is 320 g/mol. The van der Waals surface area contributed by atoms with Crippen molar-refractivity contribution in [2.75, 3.05) is 18.0 Å². The number of amides is 2. The van der Waals surface area contributed by atoms with Gasteiger partial charge in [0.25, 0.3) is 0 Å². The lowest BCUT2D eigenvalue weighted by atomic mass is 10.1. The fourth-order valence-electron chi connectivity index (χ4n) is 3.27. The summed E-state index contributed by atoms with van der Waals surface area (Å²) in [5.74, 6) is -1.83. The predicted octanol–water partition coefficient (Wildman–Crippen LogP) is 1.77. The summed E-state index contributed by atoms with van der Waals surface area (Å²) in [4.78, 5) is 39.0. The van der Waals surface area contributed by atoms with Gasteiger partial charge in [-0.1, -0.05) is 11.6 Å². The number of carbonyl (C=O) groups excluding carboxylic acids is 2. The van der Waals surface area contributed by atoms with Gasteiger partial charge in [-0.05, 0) is 37.1 Å². The minimum atomic E-state index is -0.977. The topological polar surface area (TPSA) is 77.9 Å². The molecule has 2 saturated heterocycles. The molecule has 2 amide bonds. The van der Waals surface area contributed by atoms with Gasteiger partial charge >= 0.3 is 5.97 Å². The summed E-state index contributed by atoms with van der Waals surface area (Å²) in [5.41, 5.74) is 0.700. The normalized spacial score (nSPS) is 24.3. The number of anilines is 1. The molecule has 2 fully saturated rings. The van der Waals surface area contributed by atoms with Gasteiger partial charge in [-0.2, -0.15) is 0 Å². The zero-order valence-electron chi connectivity index (χ0n) is 12.4. The highest BCUT2D eigenvalue weighted by Crippen LogP contribution is 2.29. The van der Waals surface area contributed by atoms with Crippen LogP contribution in [0.25, 0.3) is 0 Å². The highest BCUT2D eigenvalue weighted by Gasteiger charge is 2.42. The molecule has 0 saturated carbocycles. The Morgan fingerprint density at radius 2 is 1.91 bits per heavy atom. The van der Waals surface area contributed by atoms with Crippen molar-refractivity contribution in [1.82, 2.24) is 4.90 Å². The van der Waals surface area contributed by atoms with E-state index < -0.39 is 17.9 Å². The van der Waals surface area contributed by atoms with Crippen LogP contribution in [0.3, 0.4) is 0 Å². The Bertz CT molecular complexity index is 646. The first-order valence-electron chi connectivity index (χ1n) is 7.56. The van der Waals surface area contributed by atoms with Crippen molar-refractivity contribution in [3.8, 4) is 0 Å². The van der Waals surface area contributed by atoms with Crippen LogP contribution >= 0.6 is 11.6 Å². The Hall–Kier alpha value is -2.08. The van der Waals surface area contributed by atoms with Gasteiger partial charge < -0.3 is 14.9 Å². The van der Waals surface area contributed by atoms with Crippen LogP contribution in [-0.2, 0) is 14.4 Å². The zero-order chi connectivity index (χ0) is 16.6. The molecule has 23 heavy (non-hydrogen) atoms. The minimum Gasteiger partial charge on any atom is -0.480 e. The van der Waals surface area contributed by atoms with Crippen LogP contribution in [0.1, 0.15) is 19.3 Å². The number of hydrogen-bond acceptors (Lipinski definition) is 3. The SMILES string of the molecule is O=C(O)C1CCCN1C(=O)C1CC(=O)N(c2ccc(Cl)cc2)C1. The van der Waals surface area contributed by atoms with E-state index in [-0.39, 0.29) is 24.8 Å². The molecule has 2 atom stereocenters. The summed E-state index contributed by atoms with van der Waals surface area (Å²) in [5, 5.41) is 9.78. The first kappa shape index (κ1) is 15.8. The molecule has 2 aliphatic heterocycles. The maximum atomic E-state index is 12.6. The van der Waals surface area contributed by atoms with Crippen molar-refractivity contribution in [1.29, 1.82) is 0 Å². The molecule has 0 spiro atoms. The standard InChI is InChI=1S/C16H17ClN2O4/c17-11-3-5-12(6-4-11)19-9-10(8-14(19)20)15(21)18-7-1-2-13(18)16(22)23/h3-6,10,13H,1-2,7-9H2,(H,22,23). The Kier molecular flexibility index (Phi) is 4.26. The highest BCUT2D eigenvalue weighted by molar-refractivity contribution is 6.30. The van der Waals surface area contributed by atoms with E-state index in [1.54, 1.807) is 29.2 Å². The fraction of sp³-hybridized carbons (Fsp3) is 0.438. The molecule has 1 aromatic carbocycles. The number of benzene rings is 1. The fourth-order valence-corrected chi connectivity index (χ4v) is 3.39. The lowest BCUT2D eigenvalue weighted by molar-refractivity contribution is -0.149. The number of carboxylic acids is 1. The van der Waals surface area contributed by atoms with Gasteiger partial charge in [0.15, 0.2) is 0 Å². The van der Waals surface area contributed by atoms with Crippen molar-refractivity contribution in [2.45, 2.75) is 25.3 Å². The largest absolute Gasteiger partial charge is 0.480 e. The Morgan fingerprint density at radius 1 is 1.22 bits per heavy atom. The number of nitrogens with zero attached hydrogens (tertiary/aromatic N) is 2. The molecule has 7 heteroatoms. The molecule has 6 nitrogen and oxygen atoms in total. The monoisotopic (exact) mass is 336 g/mol. The number of halogens is 1. The van der Waals surface area contributed by atoms with Crippen LogP contribution < -0.4 is 4.90 Å². The summed E-state index contributed by atoms with van der Waals surface area (Å²) >= 11 is 5.85. The van der Waals surface area contributed by atoms with Crippen LogP contribution in [0.5, 0.6) is 0 Å². The lowest BCUT2D eigenvalue weighted by Gasteiger charge is -2.24. The van der Waals surface area contributed by atoms with Crippen molar-refractivity contribution in [3.05, 3.63) is 29.3 Å². The van der Waals surface area contributed by atoms with Crippen LogP contribution in [0.4, 0.5) is 5.69 Å². The maximum absolute atomic E-state index is 12.6. The van der Waals surface area contributed by atoms with Gasteiger partial charge in [-0.3, -0.25) is 9.59 Å². The third-order valence-corrected chi connectivity index (χ3v) is 4.69. The minimum absolute atomic E-state index is 0.115. The molecular formula is C16H17ClN2O4. The Balaban J connectivity index is 1.73. The quantitative estimate of drug-likeness (QED) is 0.912. The van der Waals surface area contributed by atoms with E-state index in [9.17, 15) is 19.5 Å². The summed E-state index contributed by atoms with van der Waals surface area (Å²) < 4.78 is 0. The molecule has 1 N–H and O–H groups in total. The van der Waals surface area contributed by atoms with E-state index in [1.165, 1.54) is 4.90 Å². The van der Waals surface area contributed by atoms with Gasteiger partial charge in [0.2, 0.25) is 11.8 Å². The van der Waals surface area contributed by atoms with Crippen molar-refractivity contribution >= 4 is 35.1 Å². The second-order valence-corrected chi connectivity index (χ2v) is 6.35. The Labute approximate surface area is 138 Å². The molecule has 122 valence electrons. The molecule has 1 aromatic rings. The number of carbonyl (C=O) groups is 3. The van der Waals surface area contributed by atoms with E-state index >= 15 is 0 Å². The highest BCUT2D eigenvalue weighted by atomic mass is 35.5. The average molecular weight is 337 g/mol. The van der Waals surface area contributed by atoms with Crippen LogP contribution in [-0.4, -0.2) is 46.9 Å². The molecule has 0 radical (unpaired) electrons. The van der Waals surface area contributed by atoms with E-state index in [4.69, 9.17) is 11.6 Å². The molecule has 2 heterocycles. The number of rotatable bonds is 3. The second kappa shape index (κ2) is 6.20. The average Bonchev–Trinajstić information content (AvgIpc) is 3.14. The predicted molar refractivity (Wildman–Crippen MR) is 84.3 cm³/mol. The van der Waals surface area contributed by atoms with Crippen LogP contribution in [0.2, 0.25) is 5.02 Å². The van der Waals surface area contributed by atoms with E-state index in [0.29, 0.717) is 30.1 Å². The van der Waals surface area contributed by atoms with Gasteiger partial charge in [-0.25, -0.2) is 4.79 Å². The molecule has 0 bridgehead atoms. The van der Waals surface area contributed by atoms with Gasteiger partial charge in [-0.15, -0.1) is 0 Å². The first-order chi connectivity index (χ1) is 11.0. The van der Waals surface area contributed by atoms with Gasteiger partial charge in [0, 0.05) is 30.2 Å². The lowest BCUT2D eigenvalue weighted by Crippen LogP contribution is -2.44. The molecule has 0 aromatic heterocycles. The van der Waals surface area contributed by atoms with E-state index in [2.05, 4.69) is 0 Å².